The molecule has 1 fully saturated rings. The summed E-state index contributed by atoms with van der Waals surface area (Å²) in [4.78, 5) is 38.3. The molecule has 1 heterocycles. The van der Waals surface area contributed by atoms with Crippen molar-refractivity contribution in [1.29, 1.82) is 0 Å². The first-order chi connectivity index (χ1) is 12.5. The highest BCUT2D eigenvalue weighted by Gasteiger charge is 2.40. The molecule has 0 bridgehead atoms. The molecule has 1 N–H and O–H groups in total. The van der Waals surface area contributed by atoms with Crippen molar-refractivity contribution in [1.82, 2.24) is 4.90 Å². The minimum atomic E-state index is -0.688. The fourth-order valence-electron chi connectivity index (χ4n) is 3.15. The average molecular weight is 357 g/mol. The SMILES string of the molecule is CCCCCCCC/C(O)=C1\C(=O)CN(C(=O)c2ccccc2C)C1=O. The van der Waals surface area contributed by atoms with E-state index in [4.69, 9.17) is 0 Å². The number of carbonyl (C=O) groups is 3. The van der Waals surface area contributed by atoms with Gasteiger partial charge in [0.2, 0.25) is 0 Å². The summed E-state index contributed by atoms with van der Waals surface area (Å²) in [5, 5.41) is 10.2. The zero-order valence-electron chi connectivity index (χ0n) is 15.6. The van der Waals surface area contributed by atoms with Gasteiger partial charge < -0.3 is 5.11 Å². The summed E-state index contributed by atoms with van der Waals surface area (Å²) in [6.07, 6.45) is 6.58. The lowest BCUT2D eigenvalue weighted by atomic mass is 10.1. The molecule has 0 radical (unpaired) electrons. The van der Waals surface area contributed by atoms with Gasteiger partial charge in [-0.2, -0.15) is 0 Å². The average Bonchev–Trinajstić information content (AvgIpc) is 2.92. The van der Waals surface area contributed by atoms with Crippen molar-refractivity contribution in [3.8, 4) is 0 Å². The maximum atomic E-state index is 12.6. The lowest BCUT2D eigenvalue weighted by molar-refractivity contribution is -0.122. The number of aliphatic hydroxyl groups excluding tert-OH is 1. The molecule has 5 nitrogen and oxygen atoms in total. The summed E-state index contributed by atoms with van der Waals surface area (Å²) >= 11 is 0. The second kappa shape index (κ2) is 9.32. The fourth-order valence-corrected chi connectivity index (χ4v) is 3.15. The molecule has 1 saturated heterocycles. The van der Waals surface area contributed by atoms with Crippen molar-refractivity contribution in [2.75, 3.05) is 6.54 Å². The summed E-state index contributed by atoms with van der Waals surface area (Å²) in [5.41, 5.74) is 0.914. The molecule has 1 aromatic carbocycles. The Morgan fingerprint density at radius 1 is 1.08 bits per heavy atom. The lowest BCUT2D eigenvalue weighted by Gasteiger charge is -2.14. The van der Waals surface area contributed by atoms with Crippen LogP contribution >= 0.6 is 0 Å². The Labute approximate surface area is 154 Å². The Morgan fingerprint density at radius 2 is 1.73 bits per heavy atom. The monoisotopic (exact) mass is 357 g/mol. The third kappa shape index (κ3) is 4.59. The molecule has 1 aromatic rings. The number of unbranched alkanes of at least 4 members (excludes halogenated alkanes) is 5. The van der Waals surface area contributed by atoms with E-state index >= 15 is 0 Å². The summed E-state index contributed by atoms with van der Waals surface area (Å²) in [6, 6.07) is 6.94. The van der Waals surface area contributed by atoms with Crippen LogP contribution in [-0.4, -0.2) is 34.1 Å². The highest BCUT2D eigenvalue weighted by Crippen LogP contribution is 2.23. The number of nitrogens with zero attached hydrogens (tertiary/aromatic N) is 1. The minimum absolute atomic E-state index is 0.185. The number of likely N-dealkylation sites (tertiary alicyclic amines) is 1. The molecule has 1 aliphatic heterocycles. The normalized spacial score (nSPS) is 16.3. The van der Waals surface area contributed by atoms with E-state index in [1.165, 1.54) is 12.8 Å². The molecule has 140 valence electrons. The van der Waals surface area contributed by atoms with Crippen LogP contribution in [0.25, 0.3) is 0 Å². The van der Waals surface area contributed by atoms with Crippen molar-refractivity contribution in [3.05, 3.63) is 46.7 Å². The third-order valence-corrected chi connectivity index (χ3v) is 4.72. The number of aryl methyl sites for hydroxylation is 1. The molecule has 2 amide bonds. The Bertz CT molecular complexity index is 720. The van der Waals surface area contributed by atoms with Crippen LogP contribution in [-0.2, 0) is 9.59 Å². The number of allylic oxidation sites excluding steroid dienone is 1. The molecule has 2 rings (SSSR count). The van der Waals surface area contributed by atoms with E-state index in [9.17, 15) is 19.5 Å². The molecule has 0 atom stereocenters. The maximum absolute atomic E-state index is 12.6. The van der Waals surface area contributed by atoms with Gasteiger partial charge in [0, 0.05) is 12.0 Å². The van der Waals surface area contributed by atoms with Crippen LogP contribution in [0.5, 0.6) is 0 Å². The molecule has 0 aliphatic carbocycles. The zero-order valence-corrected chi connectivity index (χ0v) is 15.6. The number of hydrogen-bond donors (Lipinski definition) is 1. The van der Waals surface area contributed by atoms with Crippen LogP contribution in [0.2, 0.25) is 0 Å². The summed E-state index contributed by atoms with van der Waals surface area (Å²) < 4.78 is 0. The van der Waals surface area contributed by atoms with E-state index < -0.39 is 17.6 Å². The van der Waals surface area contributed by atoms with E-state index in [-0.39, 0.29) is 17.9 Å². The van der Waals surface area contributed by atoms with E-state index in [1.807, 2.05) is 0 Å². The van der Waals surface area contributed by atoms with Gasteiger partial charge in [0.25, 0.3) is 11.8 Å². The molecular formula is C21H27NO4. The van der Waals surface area contributed by atoms with Crippen molar-refractivity contribution in [2.45, 2.75) is 58.8 Å². The van der Waals surface area contributed by atoms with Crippen LogP contribution in [0.4, 0.5) is 0 Å². The van der Waals surface area contributed by atoms with Crippen LogP contribution in [0.1, 0.15) is 67.8 Å². The van der Waals surface area contributed by atoms with Gasteiger partial charge in [0.15, 0.2) is 5.78 Å². The van der Waals surface area contributed by atoms with Crippen LogP contribution in [0.3, 0.4) is 0 Å². The predicted molar refractivity (Wildman–Crippen MR) is 99.9 cm³/mol. The van der Waals surface area contributed by atoms with Gasteiger partial charge in [-0.1, -0.05) is 57.2 Å². The van der Waals surface area contributed by atoms with Gasteiger partial charge in [0.05, 0.1) is 6.54 Å². The number of amides is 2. The third-order valence-electron chi connectivity index (χ3n) is 4.72. The first kappa shape index (κ1) is 19.9. The Hall–Kier alpha value is -2.43. The van der Waals surface area contributed by atoms with E-state index in [1.54, 1.807) is 31.2 Å². The number of hydrogen-bond acceptors (Lipinski definition) is 4. The van der Waals surface area contributed by atoms with Gasteiger partial charge in [0.1, 0.15) is 11.3 Å². The van der Waals surface area contributed by atoms with Crippen molar-refractivity contribution in [2.24, 2.45) is 0 Å². The van der Waals surface area contributed by atoms with Crippen LogP contribution in [0, 0.1) is 6.92 Å². The predicted octanol–water partition coefficient (Wildman–Crippen LogP) is 4.11. The number of ketones is 1. The Balaban J connectivity index is 2.03. The van der Waals surface area contributed by atoms with Crippen molar-refractivity contribution < 1.29 is 19.5 Å². The summed E-state index contributed by atoms with van der Waals surface area (Å²) in [5.74, 6) is -1.86. The second-order valence-electron chi connectivity index (χ2n) is 6.77. The molecule has 26 heavy (non-hydrogen) atoms. The maximum Gasteiger partial charge on any atom is 0.268 e. The minimum Gasteiger partial charge on any atom is -0.511 e. The van der Waals surface area contributed by atoms with Gasteiger partial charge >= 0.3 is 0 Å². The Morgan fingerprint density at radius 3 is 2.42 bits per heavy atom. The molecule has 5 heteroatoms. The molecular weight excluding hydrogens is 330 g/mol. The zero-order chi connectivity index (χ0) is 19.1. The number of Topliss-reactive ketones (excluding diaryl/α,β-unsaturated/α-hetero) is 1. The first-order valence-corrected chi connectivity index (χ1v) is 9.34. The fraction of sp³-hybridized carbons (Fsp3) is 0.476. The smallest absolute Gasteiger partial charge is 0.268 e. The van der Waals surface area contributed by atoms with E-state index in [0.717, 1.165) is 36.1 Å². The lowest BCUT2D eigenvalue weighted by Crippen LogP contribution is -2.33. The number of imide groups is 1. The quantitative estimate of drug-likeness (QED) is 0.250. The number of rotatable bonds is 8. The summed E-state index contributed by atoms with van der Waals surface area (Å²) in [7, 11) is 0. The van der Waals surface area contributed by atoms with Crippen LogP contribution in [0.15, 0.2) is 35.6 Å². The first-order valence-electron chi connectivity index (χ1n) is 9.34. The largest absolute Gasteiger partial charge is 0.511 e. The highest BCUT2D eigenvalue weighted by atomic mass is 16.3. The van der Waals surface area contributed by atoms with Gasteiger partial charge in [-0.25, -0.2) is 0 Å². The van der Waals surface area contributed by atoms with E-state index in [0.29, 0.717) is 12.0 Å². The molecule has 0 spiro atoms. The van der Waals surface area contributed by atoms with Crippen molar-refractivity contribution in [3.63, 3.8) is 0 Å². The standard InChI is InChI=1S/C21H27NO4/c1-3-4-5-6-7-8-13-17(23)19-18(24)14-22(21(19)26)20(25)16-12-10-9-11-15(16)2/h9-12,23H,3-8,13-14H2,1-2H3/b19-17-. The number of benzene rings is 1. The number of aliphatic hydroxyl groups is 1. The summed E-state index contributed by atoms with van der Waals surface area (Å²) in [6.45, 7) is 3.63. The second-order valence-corrected chi connectivity index (χ2v) is 6.77. The topological polar surface area (TPSA) is 74.7 Å². The number of carbonyl (C=O) groups excluding carboxylic acids is 3. The Kier molecular flexibility index (Phi) is 7.13. The van der Waals surface area contributed by atoms with Gasteiger partial charge in [-0.3, -0.25) is 19.3 Å². The van der Waals surface area contributed by atoms with E-state index in [2.05, 4.69) is 6.92 Å². The molecule has 0 aromatic heterocycles. The van der Waals surface area contributed by atoms with Crippen LogP contribution < -0.4 is 0 Å². The van der Waals surface area contributed by atoms with Gasteiger partial charge in [-0.05, 0) is 25.0 Å². The van der Waals surface area contributed by atoms with Gasteiger partial charge in [-0.15, -0.1) is 0 Å². The molecule has 0 unspecified atom stereocenters. The molecule has 0 saturated carbocycles. The molecule has 1 aliphatic rings. The van der Waals surface area contributed by atoms with Crippen molar-refractivity contribution >= 4 is 17.6 Å². The highest BCUT2D eigenvalue weighted by molar-refractivity contribution is 6.30.